The van der Waals surface area contributed by atoms with Crippen molar-refractivity contribution in [2.45, 2.75) is 6.54 Å². The van der Waals surface area contributed by atoms with Crippen LogP contribution in [0.4, 0.5) is 5.69 Å². The summed E-state index contributed by atoms with van der Waals surface area (Å²) in [4.78, 5) is 66.7. The number of fused-ring (bicyclic) bond motifs is 2. The van der Waals surface area contributed by atoms with Gasteiger partial charge in [0.2, 0.25) is 0 Å². The van der Waals surface area contributed by atoms with Crippen molar-refractivity contribution in [3.63, 3.8) is 0 Å². The summed E-state index contributed by atoms with van der Waals surface area (Å²) in [6.45, 7) is -0.491. The third-order valence-electron chi connectivity index (χ3n) is 4.72. The molecule has 0 aliphatic carbocycles. The van der Waals surface area contributed by atoms with Crippen LogP contribution >= 0.6 is 0 Å². The molecular formula is C17H14N6O5. The summed E-state index contributed by atoms with van der Waals surface area (Å²) < 4.78 is 3.25. The second-order valence-electron chi connectivity index (χ2n) is 6.36. The first kappa shape index (κ1) is 17.4. The zero-order valence-electron chi connectivity index (χ0n) is 14.9. The molecule has 4 rings (SSSR count). The van der Waals surface area contributed by atoms with Gasteiger partial charge < -0.3 is 10.3 Å². The zero-order chi connectivity index (χ0) is 20.3. The molecule has 0 unspecified atom stereocenters. The lowest BCUT2D eigenvalue weighted by Gasteiger charge is -2.13. The van der Waals surface area contributed by atoms with Crippen LogP contribution in [-0.4, -0.2) is 41.3 Å². The second-order valence-corrected chi connectivity index (χ2v) is 6.36. The summed E-state index contributed by atoms with van der Waals surface area (Å²) in [7, 11) is 2.74. The van der Waals surface area contributed by atoms with Crippen LogP contribution in [0, 0.1) is 0 Å². The van der Waals surface area contributed by atoms with Gasteiger partial charge in [0.1, 0.15) is 6.54 Å². The number of aryl methyl sites for hydroxylation is 1. The Morgan fingerprint density at radius 2 is 1.79 bits per heavy atom. The summed E-state index contributed by atoms with van der Waals surface area (Å²) >= 11 is 0. The Labute approximate surface area is 156 Å². The summed E-state index contributed by atoms with van der Waals surface area (Å²) in [6.07, 6.45) is 1.20. The number of benzene rings is 1. The van der Waals surface area contributed by atoms with E-state index in [1.165, 1.54) is 47.8 Å². The van der Waals surface area contributed by atoms with Crippen LogP contribution < -0.4 is 17.0 Å². The van der Waals surface area contributed by atoms with E-state index < -0.39 is 35.5 Å². The number of nitrogen functional groups attached to an aromatic ring is 1. The predicted octanol–water partition coefficient (Wildman–Crippen LogP) is -1.16. The molecule has 3 aromatic rings. The molecule has 142 valence electrons. The normalized spacial score (nSPS) is 13.4. The summed E-state index contributed by atoms with van der Waals surface area (Å²) in [5.41, 5.74) is 4.78. The molecule has 0 saturated carbocycles. The average molecular weight is 382 g/mol. The largest absolute Gasteiger partial charge is 0.398 e. The second kappa shape index (κ2) is 5.74. The van der Waals surface area contributed by atoms with Gasteiger partial charge in [0, 0.05) is 19.8 Å². The van der Waals surface area contributed by atoms with Crippen LogP contribution in [0.1, 0.15) is 20.7 Å². The Hall–Kier alpha value is -4.02. The lowest BCUT2D eigenvalue weighted by Crippen LogP contribution is -2.40. The fraction of sp³-hybridized carbons (Fsp3) is 0.176. The molecule has 0 fully saturated rings. The van der Waals surface area contributed by atoms with Crippen molar-refractivity contribution in [2.24, 2.45) is 14.1 Å². The first-order valence-electron chi connectivity index (χ1n) is 8.15. The number of carbonyl (C=O) groups is 3. The van der Waals surface area contributed by atoms with Gasteiger partial charge in [0.25, 0.3) is 23.3 Å². The first-order chi connectivity index (χ1) is 13.2. The van der Waals surface area contributed by atoms with Crippen molar-refractivity contribution >= 4 is 34.6 Å². The Balaban J connectivity index is 1.76. The van der Waals surface area contributed by atoms with Crippen molar-refractivity contribution < 1.29 is 14.4 Å². The van der Waals surface area contributed by atoms with E-state index in [9.17, 15) is 24.0 Å². The predicted molar refractivity (Wildman–Crippen MR) is 96.6 cm³/mol. The maximum atomic E-state index is 12.7. The molecule has 0 spiro atoms. The highest BCUT2D eigenvalue weighted by Crippen LogP contribution is 2.27. The van der Waals surface area contributed by atoms with Gasteiger partial charge in [0.15, 0.2) is 11.2 Å². The smallest absolute Gasteiger partial charge is 0.332 e. The quantitative estimate of drug-likeness (QED) is 0.435. The molecule has 1 aromatic carbocycles. The van der Waals surface area contributed by atoms with Crippen molar-refractivity contribution in [2.75, 3.05) is 5.73 Å². The Morgan fingerprint density at radius 1 is 1.07 bits per heavy atom. The minimum atomic E-state index is -0.846. The monoisotopic (exact) mass is 382 g/mol. The molecule has 3 amide bonds. The Bertz CT molecular complexity index is 1330. The standard InChI is InChI=1S/C17H14N6O5/c1-20-13-12(16(27)21(2)17(20)28)22(7-19-13)6-10(24)23-14(25)8-4-3-5-9(18)11(8)15(23)26/h3-5,7H,6,18H2,1-2H3. The molecule has 3 heterocycles. The van der Waals surface area contributed by atoms with E-state index in [1.807, 2.05) is 0 Å². The third-order valence-corrected chi connectivity index (χ3v) is 4.72. The van der Waals surface area contributed by atoms with E-state index in [4.69, 9.17) is 5.73 Å². The highest BCUT2D eigenvalue weighted by atomic mass is 16.2. The van der Waals surface area contributed by atoms with Gasteiger partial charge in [-0.25, -0.2) is 14.7 Å². The topological polar surface area (TPSA) is 142 Å². The lowest BCUT2D eigenvalue weighted by molar-refractivity contribution is -0.126. The molecule has 0 radical (unpaired) electrons. The number of anilines is 1. The molecule has 11 nitrogen and oxygen atoms in total. The molecule has 11 heteroatoms. The van der Waals surface area contributed by atoms with Crippen LogP contribution in [0.5, 0.6) is 0 Å². The molecule has 0 bridgehead atoms. The molecule has 0 atom stereocenters. The highest BCUT2D eigenvalue weighted by Gasteiger charge is 2.41. The van der Waals surface area contributed by atoms with Crippen molar-refractivity contribution in [1.29, 1.82) is 0 Å². The minimum absolute atomic E-state index is 0.00840. The van der Waals surface area contributed by atoms with Gasteiger partial charge in [-0.15, -0.1) is 0 Å². The number of carbonyl (C=O) groups excluding carboxylic acids is 3. The van der Waals surface area contributed by atoms with Gasteiger partial charge in [-0.2, -0.15) is 0 Å². The zero-order valence-corrected chi connectivity index (χ0v) is 14.9. The maximum Gasteiger partial charge on any atom is 0.332 e. The average Bonchev–Trinajstić information content (AvgIpc) is 3.18. The number of imide groups is 3. The van der Waals surface area contributed by atoms with Gasteiger partial charge in [0.05, 0.1) is 17.5 Å². The van der Waals surface area contributed by atoms with Gasteiger partial charge in [-0.05, 0) is 12.1 Å². The van der Waals surface area contributed by atoms with Crippen molar-refractivity contribution in [1.82, 2.24) is 23.6 Å². The number of imidazole rings is 1. The number of nitrogens with two attached hydrogens (primary N) is 1. The van der Waals surface area contributed by atoms with Crippen LogP contribution in [0.25, 0.3) is 11.2 Å². The highest BCUT2D eigenvalue weighted by molar-refractivity contribution is 6.30. The minimum Gasteiger partial charge on any atom is -0.398 e. The van der Waals surface area contributed by atoms with Crippen LogP contribution in [-0.2, 0) is 25.4 Å². The fourth-order valence-corrected chi connectivity index (χ4v) is 3.27. The summed E-state index contributed by atoms with van der Waals surface area (Å²) in [5, 5.41) is 0. The lowest BCUT2D eigenvalue weighted by atomic mass is 10.1. The van der Waals surface area contributed by atoms with E-state index in [-0.39, 0.29) is 28.0 Å². The van der Waals surface area contributed by atoms with E-state index in [1.54, 1.807) is 0 Å². The number of aromatic nitrogens is 4. The van der Waals surface area contributed by atoms with Crippen LogP contribution in [0.3, 0.4) is 0 Å². The number of rotatable bonds is 2. The molecular weight excluding hydrogens is 368 g/mol. The van der Waals surface area contributed by atoms with E-state index >= 15 is 0 Å². The van der Waals surface area contributed by atoms with Crippen molar-refractivity contribution in [3.8, 4) is 0 Å². The number of hydrogen-bond donors (Lipinski definition) is 1. The summed E-state index contributed by atoms with van der Waals surface area (Å²) in [6, 6.07) is 4.39. The number of nitrogens with zero attached hydrogens (tertiary/aromatic N) is 5. The summed E-state index contributed by atoms with van der Waals surface area (Å²) in [5.74, 6) is -2.43. The number of hydrogen-bond acceptors (Lipinski definition) is 7. The van der Waals surface area contributed by atoms with E-state index in [0.717, 1.165) is 4.57 Å². The van der Waals surface area contributed by atoms with E-state index in [2.05, 4.69) is 4.98 Å². The fourth-order valence-electron chi connectivity index (χ4n) is 3.27. The Morgan fingerprint density at radius 3 is 2.46 bits per heavy atom. The third kappa shape index (κ3) is 2.16. The van der Waals surface area contributed by atoms with Gasteiger partial charge in [-0.1, -0.05) is 6.07 Å². The first-order valence-corrected chi connectivity index (χ1v) is 8.15. The molecule has 28 heavy (non-hydrogen) atoms. The molecule has 2 N–H and O–H groups in total. The molecule has 1 aliphatic heterocycles. The number of amides is 3. The molecule has 0 saturated heterocycles. The molecule has 1 aliphatic rings. The Kier molecular flexibility index (Phi) is 3.57. The maximum absolute atomic E-state index is 12.7. The van der Waals surface area contributed by atoms with Gasteiger partial charge in [-0.3, -0.25) is 28.3 Å². The molecule has 2 aromatic heterocycles. The van der Waals surface area contributed by atoms with E-state index in [0.29, 0.717) is 4.90 Å². The van der Waals surface area contributed by atoms with Crippen molar-refractivity contribution in [3.05, 3.63) is 56.5 Å². The SMILES string of the molecule is Cn1c(=O)c2c(ncn2CC(=O)N2C(=O)c3cccc(N)c3C2=O)n(C)c1=O. The van der Waals surface area contributed by atoms with Crippen LogP contribution in [0.2, 0.25) is 0 Å². The van der Waals surface area contributed by atoms with Gasteiger partial charge >= 0.3 is 5.69 Å². The van der Waals surface area contributed by atoms with Crippen LogP contribution in [0.15, 0.2) is 34.1 Å².